The summed E-state index contributed by atoms with van der Waals surface area (Å²) in [5.41, 5.74) is 3.58. The second kappa shape index (κ2) is 6.44. The molecule has 0 spiro atoms. The molecule has 0 bridgehead atoms. The summed E-state index contributed by atoms with van der Waals surface area (Å²) in [5, 5.41) is 7.54. The van der Waals surface area contributed by atoms with Crippen molar-refractivity contribution >= 4 is 33.1 Å². The lowest BCUT2D eigenvalue weighted by molar-refractivity contribution is -0.118. The fraction of sp³-hybridized carbons (Fsp3) is 0.125. The van der Waals surface area contributed by atoms with Crippen LogP contribution < -0.4 is 10.1 Å². The standard InChI is InChI=1S/C24H19NO2/c26-23(15-27-22-10-4-6-16-5-1-2-8-19(16)22)25-21-14-13-18-12-11-17-7-3-9-20(21)24(17)18/h1-10,13-14H,11-12,15H2,(H,25,26). The molecule has 1 amide bonds. The molecule has 1 aliphatic rings. The molecule has 0 saturated carbocycles. The van der Waals surface area contributed by atoms with Gasteiger partial charge in [-0.05, 0) is 46.9 Å². The Morgan fingerprint density at radius 3 is 2.48 bits per heavy atom. The van der Waals surface area contributed by atoms with Crippen molar-refractivity contribution in [1.82, 2.24) is 0 Å². The van der Waals surface area contributed by atoms with Gasteiger partial charge in [0.15, 0.2) is 6.61 Å². The third-order valence-electron chi connectivity index (χ3n) is 5.26. The first kappa shape index (κ1) is 15.9. The lowest BCUT2D eigenvalue weighted by Gasteiger charge is -2.12. The van der Waals surface area contributed by atoms with Crippen molar-refractivity contribution in [1.29, 1.82) is 0 Å². The first-order valence-corrected chi connectivity index (χ1v) is 9.23. The molecule has 3 heteroatoms. The molecular formula is C24H19NO2. The summed E-state index contributed by atoms with van der Waals surface area (Å²) in [4.78, 5) is 12.5. The van der Waals surface area contributed by atoms with Gasteiger partial charge in [-0.25, -0.2) is 0 Å². The zero-order chi connectivity index (χ0) is 18.2. The summed E-state index contributed by atoms with van der Waals surface area (Å²) in [7, 11) is 0. The van der Waals surface area contributed by atoms with Crippen LogP contribution in [0.1, 0.15) is 11.1 Å². The molecule has 1 aliphatic carbocycles. The molecule has 0 fully saturated rings. The maximum Gasteiger partial charge on any atom is 0.262 e. The molecule has 0 aliphatic heterocycles. The fourth-order valence-electron chi connectivity index (χ4n) is 4.01. The van der Waals surface area contributed by atoms with E-state index < -0.39 is 0 Å². The van der Waals surface area contributed by atoms with Gasteiger partial charge in [-0.2, -0.15) is 0 Å². The number of hydrogen-bond donors (Lipinski definition) is 1. The summed E-state index contributed by atoms with van der Waals surface area (Å²) >= 11 is 0. The van der Waals surface area contributed by atoms with Crippen LogP contribution >= 0.6 is 0 Å². The summed E-state index contributed by atoms with van der Waals surface area (Å²) in [6.07, 6.45) is 2.16. The van der Waals surface area contributed by atoms with Crippen LogP contribution in [0.2, 0.25) is 0 Å². The molecule has 132 valence electrons. The maximum atomic E-state index is 12.5. The van der Waals surface area contributed by atoms with E-state index in [4.69, 9.17) is 4.74 Å². The highest BCUT2D eigenvalue weighted by Crippen LogP contribution is 2.35. The summed E-state index contributed by atoms with van der Waals surface area (Å²) in [6.45, 7) is -0.0169. The molecule has 0 unspecified atom stereocenters. The molecular weight excluding hydrogens is 334 g/mol. The maximum absolute atomic E-state index is 12.5. The van der Waals surface area contributed by atoms with E-state index in [9.17, 15) is 4.79 Å². The molecule has 0 saturated heterocycles. The van der Waals surface area contributed by atoms with Crippen molar-refractivity contribution in [3.63, 3.8) is 0 Å². The second-order valence-corrected chi connectivity index (χ2v) is 6.93. The molecule has 1 N–H and O–H groups in total. The molecule has 0 aromatic heterocycles. The molecule has 0 heterocycles. The Balaban J connectivity index is 1.37. The quantitative estimate of drug-likeness (QED) is 0.554. The first-order chi connectivity index (χ1) is 13.3. The molecule has 4 aromatic rings. The number of rotatable bonds is 4. The lowest BCUT2D eigenvalue weighted by atomic mass is 10.0. The fourth-order valence-corrected chi connectivity index (χ4v) is 4.01. The highest BCUT2D eigenvalue weighted by Gasteiger charge is 2.16. The van der Waals surface area contributed by atoms with E-state index in [1.807, 2.05) is 48.5 Å². The number of ether oxygens (including phenoxy) is 1. The van der Waals surface area contributed by atoms with Gasteiger partial charge in [0, 0.05) is 16.5 Å². The topological polar surface area (TPSA) is 38.3 Å². The number of carbonyl (C=O) groups excluding carboxylic acids is 1. The van der Waals surface area contributed by atoms with Crippen molar-refractivity contribution in [2.24, 2.45) is 0 Å². The van der Waals surface area contributed by atoms with Crippen LogP contribution in [0.25, 0.3) is 21.5 Å². The van der Waals surface area contributed by atoms with E-state index >= 15 is 0 Å². The Labute approximate surface area is 157 Å². The van der Waals surface area contributed by atoms with Crippen molar-refractivity contribution in [3.05, 3.63) is 83.9 Å². The zero-order valence-corrected chi connectivity index (χ0v) is 14.9. The van der Waals surface area contributed by atoms with Gasteiger partial charge in [-0.1, -0.05) is 60.7 Å². The van der Waals surface area contributed by atoms with Gasteiger partial charge in [-0.15, -0.1) is 0 Å². The summed E-state index contributed by atoms with van der Waals surface area (Å²) in [6, 6.07) is 24.3. The molecule has 27 heavy (non-hydrogen) atoms. The van der Waals surface area contributed by atoms with E-state index in [1.54, 1.807) is 0 Å². The predicted molar refractivity (Wildman–Crippen MR) is 109 cm³/mol. The van der Waals surface area contributed by atoms with Crippen LogP contribution in [0.4, 0.5) is 5.69 Å². The largest absolute Gasteiger partial charge is 0.483 e. The summed E-state index contributed by atoms with van der Waals surface area (Å²) in [5.74, 6) is 0.574. The SMILES string of the molecule is O=C(COc1cccc2ccccc12)Nc1ccc2c3c(cccc13)CC2. The average Bonchev–Trinajstić information content (AvgIpc) is 3.13. The Kier molecular flexibility index (Phi) is 3.79. The van der Waals surface area contributed by atoms with Crippen molar-refractivity contribution < 1.29 is 9.53 Å². The number of benzene rings is 4. The van der Waals surface area contributed by atoms with E-state index in [2.05, 4.69) is 29.6 Å². The Bertz CT molecular complexity index is 1160. The number of aryl methyl sites for hydroxylation is 2. The molecule has 4 aromatic carbocycles. The predicted octanol–water partition coefficient (Wildman–Crippen LogP) is 5.11. The minimum absolute atomic E-state index is 0.0169. The van der Waals surface area contributed by atoms with Crippen LogP contribution in [-0.2, 0) is 17.6 Å². The number of carbonyl (C=O) groups is 1. The highest BCUT2D eigenvalue weighted by atomic mass is 16.5. The van der Waals surface area contributed by atoms with E-state index in [0.717, 1.165) is 40.4 Å². The normalized spacial score (nSPS) is 12.4. The highest BCUT2D eigenvalue weighted by molar-refractivity contribution is 6.05. The van der Waals surface area contributed by atoms with Crippen LogP contribution in [0.5, 0.6) is 5.75 Å². The van der Waals surface area contributed by atoms with Gasteiger partial charge in [0.1, 0.15) is 5.75 Å². The number of hydrogen-bond acceptors (Lipinski definition) is 2. The van der Waals surface area contributed by atoms with Gasteiger partial charge in [0.25, 0.3) is 5.91 Å². The van der Waals surface area contributed by atoms with Gasteiger partial charge < -0.3 is 10.1 Å². The number of anilines is 1. The van der Waals surface area contributed by atoms with Crippen LogP contribution in [0.15, 0.2) is 72.8 Å². The molecule has 0 radical (unpaired) electrons. The first-order valence-electron chi connectivity index (χ1n) is 9.23. The Hall–Kier alpha value is -3.33. The third-order valence-corrected chi connectivity index (χ3v) is 5.26. The minimum Gasteiger partial charge on any atom is -0.483 e. The van der Waals surface area contributed by atoms with Crippen LogP contribution in [0.3, 0.4) is 0 Å². The van der Waals surface area contributed by atoms with Gasteiger partial charge in [-0.3, -0.25) is 4.79 Å². The van der Waals surface area contributed by atoms with Crippen LogP contribution in [0, 0.1) is 0 Å². The number of amides is 1. The van der Waals surface area contributed by atoms with Gasteiger partial charge in [0.05, 0.1) is 0 Å². The van der Waals surface area contributed by atoms with Crippen molar-refractivity contribution in [2.45, 2.75) is 12.8 Å². The molecule has 0 atom stereocenters. The minimum atomic E-state index is -0.151. The smallest absolute Gasteiger partial charge is 0.262 e. The number of fused-ring (bicyclic) bond motifs is 1. The van der Waals surface area contributed by atoms with Crippen LogP contribution in [-0.4, -0.2) is 12.5 Å². The van der Waals surface area contributed by atoms with Gasteiger partial charge in [0.2, 0.25) is 0 Å². The average molecular weight is 353 g/mol. The van der Waals surface area contributed by atoms with Gasteiger partial charge >= 0.3 is 0 Å². The van der Waals surface area contributed by atoms with E-state index in [-0.39, 0.29) is 12.5 Å². The number of nitrogens with one attached hydrogen (secondary N) is 1. The van der Waals surface area contributed by atoms with Crippen molar-refractivity contribution in [3.8, 4) is 5.75 Å². The Morgan fingerprint density at radius 2 is 1.56 bits per heavy atom. The monoisotopic (exact) mass is 353 g/mol. The third kappa shape index (κ3) is 2.81. The molecule has 5 rings (SSSR count). The van der Waals surface area contributed by atoms with E-state index in [1.165, 1.54) is 16.5 Å². The molecule has 3 nitrogen and oxygen atoms in total. The summed E-state index contributed by atoms with van der Waals surface area (Å²) < 4.78 is 5.81. The second-order valence-electron chi connectivity index (χ2n) is 6.93. The van der Waals surface area contributed by atoms with E-state index in [0.29, 0.717) is 0 Å². The zero-order valence-electron chi connectivity index (χ0n) is 14.9. The Morgan fingerprint density at radius 1 is 0.815 bits per heavy atom. The lowest BCUT2D eigenvalue weighted by Crippen LogP contribution is -2.20. The van der Waals surface area contributed by atoms with Crippen molar-refractivity contribution in [2.75, 3.05) is 11.9 Å².